The topological polar surface area (TPSA) is 67.8 Å². The molecule has 108 valence electrons. The average molecular weight is 277 g/mol. The van der Waals surface area contributed by atoms with Crippen molar-refractivity contribution in [2.24, 2.45) is 0 Å². The van der Waals surface area contributed by atoms with Crippen molar-refractivity contribution in [1.29, 1.82) is 0 Å². The standard InChI is InChI=1S/C15H19NO4/c1-5-8-16-15(18)11(3)20-14-9-12(19-4)6-7-13(14)10(2)17/h1,6-7,9-11,17H,8H2,2-4H3,(H,16,18)/t10-,11?/m0/s1. The van der Waals surface area contributed by atoms with Crippen LogP contribution in [0.3, 0.4) is 0 Å². The maximum absolute atomic E-state index is 11.7. The Morgan fingerprint density at radius 2 is 2.20 bits per heavy atom. The molecular weight excluding hydrogens is 258 g/mol. The second kappa shape index (κ2) is 7.41. The van der Waals surface area contributed by atoms with Crippen LogP contribution in [0.1, 0.15) is 25.5 Å². The van der Waals surface area contributed by atoms with E-state index >= 15 is 0 Å². The van der Waals surface area contributed by atoms with E-state index in [-0.39, 0.29) is 12.5 Å². The number of carbonyl (C=O) groups excluding carboxylic acids is 1. The number of benzene rings is 1. The molecule has 0 heterocycles. The number of hydrogen-bond donors (Lipinski definition) is 2. The molecule has 0 aromatic heterocycles. The van der Waals surface area contributed by atoms with Gasteiger partial charge in [-0.1, -0.05) is 5.92 Å². The predicted molar refractivity (Wildman–Crippen MR) is 75.6 cm³/mol. The Kier molecular flexibility index (Phi) is 5.88. The summed E-state index contributed by atoms with van der Waals surface area (Å²) in [6.45, 7) is 3.38. The number of rotatable bonds is 6. The van der Waals surface area contributed by atoms with E-state index in [1.165, 1.54) is 7.11 Å². The molecule has 2 atom stereocenters. The highest BCUT2D eigenvalue weighted by Gasteiger charge is 2.18. The summed E-state index contributed by atoms with van der Waals surface area (Å²) in [6, 6.07) is 5.05. The van der Waals surface area contributed by atoms with Gasteiger partial charge in [0.15, 0.2) is 6.10 Å². The van der Waals surface area contributed by atoms with Gasteiger partial charge in [0.2, 0.25) is 0 Å². The fraction of sp³-hybridized carbons (Fsp3) is 0.400. The summed E-state index contributed by atoms with van der Waals surface area (Å²) in [6.07, 6.45) is 3.64. The molecular formula is C15H19NO4. The molecule has 0 bridgehead atoms. The summed E-state index contributed by atoms with van der Waals surface area (Å²) in [4.78, 5) is 11.7. The van der Waals surface area contributed by atoms with Crippen molar-refractivity contribution in [2.75, 3.05) is 13.7 Å². The first-order chi connectivity index (χ1) is 9.49. The Morgan fingerprint density at radius 3 is 2.75 bits per heavy atom. The largest absolute Gasteiger partial charge is 0.497 e. The first-order valence-electron chi connectivity index (χ1n) is 6.23. The van der Waals surface area contributed by atoms with E-state index in [4.69, 9.17) is 15.9 Å². The van der Waals surface area contributed by atoms with Gasteiger partial charge in [-0.15, -0.1) is 6.42 Å². The molecule has 5 nitrogen and oxygen atoms in total. The van der Waals surface area contributed by atoms with E-state index in [0.717, 1.165) is 0 Å². The lowest BCUT2D eigenvalue weighted by molar-refractivity contribution is -0.127. The number of nitrogens with one attached hydrogen (secondary N) is 1. The first kappa shape index (κ1) is 15.9. The number of aliphatic hydroxyl groups is 1. The second-order valence-electron chi connectivity index (χ2n) is 4.26. The first-order valence-corrected chi connectivity index (χ1v) is 6.23. The van der Waals surface area contributed by atoms with E-state index in [2.05, 4.69) is 11.2 Å². The fourth-order valence-corrected chi connectivity index (χ4v) is 1.61. The van der Waals surface area contributed by atoms with Crippen LogP contribution in [0, 0.1) is 12.3 Å². The third kappa shape index (κ3) is 4.18. The van der Waals surface area contributed by atoms with Crippen molar-refractivity contribution in [3.05, 3.63) is 23.8 Å². The van der Waals surface area contributed by atoms with Crippen molar-refractivity contribution < 1.29 is 19.4 Å². The number of amides is 1. The molecule has 1 rings (SSSR count). The Labute approximate surface area is 118 Å². The van der Waals surface area contributed by atoms with Gasteiger partial charge in [-0.2, -0.15) is 0 Å². The summed E-state index contributed by atoms with van der Waals surface area (Å²) in [5, 5.41) is 12.2. The van der Waals surface area contributed by atoms with Crippen LogP contribution in [0.15, 0.2) is 18.2 Å². The molecule has 2 N–H and O–H groups in total. The van der Waals surface area contributed by atoms with Crippen molar-refractivity contribution in [3.63, 3.8) is 0 Å². The number of terminal acetylenes is 1. The molecule has 0 spiro atoms. The molecule has 20 heavy (non-hydrogen) atoms. The van der Waals surface area contributed by atoms with Crippen LogP contribution in [0.5, 0.6) is 11.5 Å². The molecule has 1 aromatic rings. The van der Waals surface area contributed by atoms with Gasteiger partial charge in [0.25, 0.3) is 5.91 Å². The van der Waals surface area contributed by atoms with Gasteiger partial charge in [0.1, 0.15) is 11.5 Å². The SMILES string of the molecule is C#CCNC(=O)C(C)Oc1cc(OC)ccc1[C@H](C)O. The van der Waals surface area contributed by atoms with Crippen molar-refractivity contribution in [3.8, 4) is 23.8 Å². The van der Waals surface area contributed by atoms with Gasteiger partial charge in [-0.3, -0.25) is 4.79 Å². The highest BCUT2D eigenvalue weighted by Crippen LogP contribution is 2.30. The van der Waals surface area contributed by atoms with Gasteiger partial charge in [0, 0.05) is 11.6 Å². The fourth-order valence-electron chi connectivity index (χ4n) is 1.61. The minimum atomic E-state index is -0.729. The number of aliphatic hydroxyl groups excluding tert-OH is 1. The molecule has 1 aromatic carbocycles. The number of hydrogen-bond acceptors (Lipinski definition) is 4. The van der Waals surface area contributed by atoms with Crippen molar-refractivity contribution >= 4 is 5.91 Å². The lowest BCUT2D eigenvalue weighted by atomic mass is 10.1. The molecule has 0 saturated heterocycles. The minimum Gasteiger partial charge on any atom is -0.497 e. The van der Waals surface area contributed by atoms with E-state index in [0.29, 0.717) is 17.1 Å². The van der Waals surface area contributed by atoms with Crippen LogP contribution >= 0.6 is 0 Å². The molecule has 0 fully saturated rings. The molecule has 0 aliphatic heterocycles. The van der Waals surface area contributed by atoms with Gasteiger partial charge in [-0.25, -0.2) is 0 Å². The number of ether oxygens (including phenoxy) is 2. The Hall–Kier alpha value is -2.19. The Morgan fingerprint density at radius 1 is 1.50 bits per heavy atom. The van der Waals surface area contributed by atoms with E-state index in [9.17, 15) is 9.90 Å². The zero-order valence-electron chi connectivity index (χ0n) is 11.8. The van der Waals surface area contributed by atoms with Gasteiger partial charge in [0.05, 0.1) is 19.8 Å². The summed E-state index contributed by atoms with van der Waals surface area (Å²) >= 11 is 0. The maximum atomic E-state index is 11.7. The highest BCUT2D eigenvalue weighted by molar-refractivity contribution is 5.81. The average Bonchev–Trinajstić information content (AvgIpc) is 2.44. The van der Waals surface area contributed by atoms with Gasteiger partial charge in [-0.05, 0) is 26.0 Å². The van der Waals surface area contributed by atoms with Crippen molar-refractivity contribution in [2.45, 2.75) is 26.1 Å². The summed E-state index contributed by atoms with van der Waals surface area (Å²) in [5.41, 5.74) is 0.586. The Bertz CT molecular complexity index is 505. The van der Waals surface area contributed by atoms with E-state index in [1.54, 1.807) is 32.0 Å². The third-order valence-electron chi connectivity index (χ3n) is 2.71. The smallest absolute Gasteiger partial charge is 0.261 e. The number of carbonyl (C=O) groups is 1. The number of methoxy groups -OCH3 is 1. The monoisotopic (exact) mass is 277 g/mol. The molecule has 5 heteroatoms. The summed E-state index contributed by atoms with van der Waals surface area (Å²) < 4.78 is 10.7. The third-order valence-corrected chi connectivity index (χ3v) is 2.71. The van der Waals surface area contributed by atoms with Crippen LogP contribution < -0.4 is 14.8 Å². The zero-order valence-corrected chi connectivity index (χ0v) is 11.8. The van der Waals surface area contributed by atoms with E-state index in [1.807, 2.05) is 0 Å². The summed E-state index contributed by atoms with van der Waals surface area (Å²) in [7, 11) is 1.53. The van der Waals surface area contributed by atoms with Gasteiger partial charge < -0.3 is 19.9 Å². The highest BCUT2D eigenvalue weighted by atomic mass is 16.5. The van der Waals surface area contributed by atoms with E-state index < -0.39 is 12.2 Å². The quantitative estimate of drug-likeness (QED) is 0.768. The summed E-state index contributed by atoms with van der Waals surface area (Å²) in [5.74, 6) is 2.99. The molecule has 1 unspecified atom stereocenters. The second-order valence-corrected chi connectivity index (χ2v) is 4.26. The lowest BCUT2D eigenvalue weighted by Crippen LogP contribution is -2.36. The van der Waals surface area contributed by atoms with Crippen LogP contribution in [0.2, 0.25) is 0 Å². The molecule has 0 saturated carbocycles. The normalized spacial score (nSPS) is 12.9. The molecule has 0 aliphatic rings. The van der Waals surface area contributed by atoms with Crippen LogP contribution in [-0.4, -0.2) is 30.8 Å². The van der Waals surface area contributed by atoms with Crippen LogP contribution in [-0.2, 0) is 4.79 Å². The lowest BCUT2D eigenvalue weighted by Gasteiger charge is -2.18. The predicted octanol–water partition coefficient (Wildman–Crippen LogP) is 1.27. The maximum Gasteiger partial charge on any atom is 0.261 e. The molecule has 0 radical (unpaired) electrons. The zero-order chi connectivity index (χ0) is 15.1. The van der Waals surface area contributed by atoms with Crippen LogP contribution in [0.25, 0.3) is 0 Å². The molecule has 1 amide bonds. The minimum absolute atomic E-state index is 0.147. The Balaban J connectivity index is 2.89. The van der Waals surface area contributed by atoms with Crippen molar-refractivity contribution in [1.82, 2.24) is 5.32 Å². The van der Waals surface area contributed by atoms with Gasteiger partial charge >= 0.3 is 0 Å². The molecule has 0 aliphatic carbocycles. The van der Waals surface area contributed by atoms with Crippen LogP contribution in [0.4, 0.5) is 0 Å².